The van der Waals surface area contributed by atoms with Crippen molar-refractivity contribution in [3.63, 3.8) is 0 Å². The summed E-state index contributed by atoms with van der Waals surface area (Å²) in [4.78, 5) is 27.6. The number of nitrogens with zero attached hydrogens (tertiary/aromatic N) is 2. The van der Waals surface area contributed by atoms with Crippen molar-refractivity contribution < 1.29 is 13.9 Å². The molecule has 3 aromatic rings. The number of nitrogens with two attached hydrogens (primary N) is 1. The van der Waals surface area contributed by atoms with Gasteiger partial charge in [0.15, 0.2) is 0 Å². The number of rotatable bonds is 5. The van der Waals surface area contributed by atoms with E-state index in [1.165, 1.54) is 6.07 Å². The van der Waals surface area contributed by atoms with Gasteiger partial charge in [-0.3, -0.25) is 14.5 Å². The van der Waals surface area contributed by atoms with Gasteiger partial charge >= 0.3 is 0 Å². The number of hydrogen-bond donors (Lipinski definition) is 1. The molecular formula is C23H23ClFN3O3. The van der Waals surface area contributed by atoms with Gasteiger partial charge in [0.05, 0.1) is 18.7 Å². The number of primary amides is 1. The zero-order valence-electron chi connectivity index (χ0n) is 17.2. The van der Waals surface area contributed by atoms with Crippen molar-refractivity contribution >= 4 is 28.4 Å². The second kappa shape index (κ2) is 8.78. The molecule has 1 fully saturated rings. The molecule has 0 radical (unpaired) electrons. The van der Waals surface area contributed by atoms with E-state index in [4.69, 9.17) is 22.1 Å². The van der Waals surface area contributed by atoms with Crippen LogP contribution in [0.3, 0.4) is 0 Å². The maximum atomic E-state index is 15.2. The number of pyridine rings is 1. The molecule has 2 aromatic carbocycles. The maximum Gasteiger partial charge on any atom is 0.254 e. The number of hydrogen-bond acceptors (Lipinski definition) is 4. The van der Waals surface area contributed by atoms with Crippen LogP contribution in [0.2, 0.25) is 5.02 Å². The van der Waals surface area contributed by atoms with E-state index in [-0.39, 0.29) is 22.9 Å². The largest absolute Gasteiger partial charge is 0.379 e. The molecular weight excluding hydrogens is 421 g/mol. The highest BCUT2D eigenvalue weighted by molar-refractivity contribution is 6.30. The number of halogens is 2. The van der Waals surface area contributed by atoms with E-state index in [1.807, 2.05) is 0 Å². The first-order valence-corrected chi connectivity index (χ1v) is 10.4. The van der Waals surface area contributed by atoms with Gasteiger partial charge in [-0.25, -0.2) is 4.39 Å². The molecule has 1 aromatic heterocycles. The summed E-state index contributed by atoms with van der Waals surface area (Å²) >= 11 is 5.95. The minimum atomic E-state index is -0.828. The minimum absolute atomic E-state index is 0.118. The van der Waals surface area contributed by atoms with Crippen LogP contribution < -0.4 is 11.2 Å². The van der Waals surface area contributed by atoms with E-state index in [1.54, 1.807) is 41.9 Å². The number of carbonyl (C=O) groups is 1. The fourth-order valence-corrected chi connectivity index (χ4v) is 4.23. The third-order valence-electron chi connectivity index (χ3n) is 5.66. The number of morpholine rings is 1. The Balaban J connectivity index is 1.84. The Hall–Kier alpha value is -2.74. The van der Waals surface area contributed by atoms with Gasteiger partial charge in [-0.1, -0.05) is 23.7 Å². The minimum Gasteiger partial charge on any atom is -0.379 e. The summed E-state index contributed by atoms with van der Waals surface area (Å²) in [6, 6.07) is 10.1. The Bertz CT molecular complexity index is 1200. The fourth-order valence-electron chi connectivity index (χ4n) is 4.10. The highest BCUT2D eigenvalue weighted by Crippen LogP contribution is 2.24. The number of aromatic nitrogens is 1. The standard InChI is InChI=1S/C23H23ClFN3O3/c1-27-19(12-14-2-4-16(24)5-3-14)20(23(26)30)22(29)17-10-15(11-18(25)21(17)27)13-28-6-8-31-9-7-28/h2-5,10-11H,6-9,12-13H2,1H3,(H2,26,30). The average molecular weight is 444 g/mol. The van der Waals surface area contributed by atoms with E-state index in [0.717, 1.165) is 18.7 Å². The zero-order valence-corrected chi connectivity index (χ0v) is 17.9. The van der Waals surface area contributed by atoms with Gasteiger partial charge < -0.3 is 15.0 Å². The lowest BCUT2D eigenvalue weighted by molar-refractivity contribution is 0.0342. The van der Waals surface area contributed by atoms with Crippen LogP contribution in [0.1, 0.15) is 27.2 Å². The van der Waals surface area contributed by atoms with Crippen molar-refractivity contribution in [1.82, 2.24) is 9.47 Å². The monoisotopic (exact) mass is 443 g/mol. The van der Waals surface area contributed by atoms with Crippen molar-refractivity contribution in [3.8, 4) is 0 Å². The van der Waals surface area contributed by atoms with E-state index in [2.05, 4.69) is 4.90 Å². The van der Waals surface area contributed by atoms with E-state index >= 15 is 4.39 Å². The van der Waals surface area contributed by atoms with Crippen LogP contribution in [0.15, 0.2) is 41.2 Å². The van der Waals surface area contributed by atoms with E-state index in [9.17, 15) is 9.59 Å². The molecule has 31 heavy (non-hydrogen) atoms. The highest BCUT2D eigenvalue weighted by atomic mass is 35.5. The third kappa shape index (κ3) is 4.35. The van der Waals surface area contributed by atoms with Gasteiger partial charge in [-0.05, 0) is 35.4 Å². The molecule has 1 saturated heterocycles. The molecule has 6 nitrogen and oxygen atoms in total. The highest BCUT2D eigenvalue weighted by Gasteiger charge is 2.22. The summed E-state index contributed by atoms with van der Waals surface area (Å²) in [6.45, 7) is 3.22. The van der Waals surface area contributed by atoms with Gasteiger partial charge in [0.1, 0.15) is 11.4 Å². The summed E-state index contributed by atoms with van der Waals surface area (Å²) in [5.41, 5.74) is 6.94. The van der Waals surface area contributed by atoms with Crippen LogP contribution >= 0.6 is 11.6 Å². The second-order valence-corrected chi connectivity index (χ2v) is 8.18. The Labute approximate surface area is 184 Å². The van der Waals surface area contributed by atoms with Gasteiger partial charge in [0, 0.05) is 49.2 Å². The lowest BCUT2D eigenvalue weighted by Gasteiger charge is -2.26. The van der Waals surface area contributed by atoms with Gasteiger partial charge in [0.25, 0.3) is 5.91 Å². The first kappa shape index (κ1) is 21.5. The van der Waals surface area contributed by atoms with Crippen LogP contribution in [0, 0.1) is 5.82 Å². The molecule has 0 aliphatic carbocycles. The molecule has 1 amide bonds. The Morgan fingerprint density at radius 2 is 1.84 bits per heavy atom. The average Bonchev–Trinajstić information content (AvgIpc) is 2.73. The molecule has 0 saturated carbocycles. The summed E-state index contributed by atoms with van der Waals surface area (Å²) in [7, 11) is 1.64. The molecule has 0 unspecified atom stereocenters. The molecule has 8 heteroatoms. The smallest absolute Gasteiger partial charge is 0.254 e. The SMILES string of the molecule is Cn1c(Cc2ccc(Cl)cc2)c(C(N)=O)c(=O)c2cc(CN3CCOCC3)cc(F)c21. The van der Waals surface area contributed by atoms with Gasteiger partial charge in [0.2, 0.25) is 5.43 Å². The number of carbonyl (C=O) groups excluding carboxylic acids is 1. The summed E-state index contributed by atoms with van der Waals surface area (Å²) in [5.74, 6) is -1.33. The Morgan fingerprint density at radius 1 is 1.16 bits per heavy atom. The van der Waals surface area contributed by atoms with Crippen LogP contribution in [0.5, 0.6) is 0 Å². The summed E-state index contributed by atoms with van der Waals surface area (Å²) in [6.07, 6.45) is 0.242. The van der Waals surface area contributed by atoms with Crippen LogP contribution in [0.4, 0.5) is 4.39 Å². The number of benzene rings is 2. The lowest BCUT2D eigenvalue weighted by atomic mass is 9.99. The van der Waals surface area contributed by atoms with E-state index in [0.29, 0.717) is 36.0 Å². The fraction of sp³-hybridized carbons (Fsp3) is 0.304. The van der Waals surface area contributed by atoms with Crippen molar-refractivity contribution in [3.05, 3.63) is 79.8 Å². The van der Waals surface area contributed by atoms with E-state index < -0.39 is 17.2 Å². The normalized spacial score (nSPS) is 14.8. The molecule has 0 spiro atoms. The summed E-state index contributed by atoms with van der Waals surface area (Å²) in [5, 5.41) is 0.726. The number of fused-ring (bicyclic) bond motifs is 1. The predicted molar refractivity (Wildman–Crippen MR) is 118 cm³/mol. The molecule has 1 aliphatic rings. The predicted octanol–water partition coefficient (Wildman–Crippen LogP) is 2.85. The Kier molecular flexibility index (Phi) is 6.09. The topological polar surface area (TPSA) is 77.6 Å². The summed E-state index contributed by atoms with van der Waals surface area (Å²) < 4.78 is 22.1. The first-order chi connectivity index (χ1) is 14.8. The van der Waals surface area contributed by atoms with Crippen LogP contribution in [-0.4, -0.2) is 41.7 Å². The Morgan fingerprint density at radius 3 is 2.48 bits per heavy atom. The van der Waals surface area contributed by atoms with Gasteiger partial charge in [-0.2, -0.15) is 0 Å². The second-order valence-electron chi connectivity index (χ2n) is 7.74. The molecule has 2 heterocycles. The number of amides is 1. The first-order valence-electron chi connectivity index (χ1n) is 10.0. The number of aryl methyl sites for hydroxylation is 1. The number of ether oxygens (including phenoxy) is 1. The molecule has 0 bridgehead atoms. The zero-order chi connectivity index (χ0) is 22.1. The molecule has 2 N–H and O–H groups in total. The lowest BCUT2D eigenvalue weighted by Crippen LogP contribution is -2.35. The molecule has 0 atom stereocenters. The van der Waals surface area contributed by atoms with Crippen molar-refractivity contribution in [2.45, 2.75) is 13.0 Å². The third-order valence-corrected chi connectivity index (χ3v) is 5.92. The van der Waals surface area contributed by atoms with Crippen molar-refractivity contribution in [2.24, 2.45) is 12.8 Å². The van der Waals surface area contributed by atoms with Crippen molar-refractivity contribution in [1.29, 1.82) is 0 Å². The van der Waals surface area contributed by atoms with Gasteiger partial charge in [-0.15, -0.1) is 0 Å². The molecule has 1 aliphatic heterocycles. The molecule has 4 rings (SSSR count). The van der Waals surface area contributed by atoms with Crippen LogP contribution in [0.25, 0.3) is 10.9 Å². The maximum absolute atomic E-state index is 15.2. The quantitative estimate of drug-likeness (QED) is 0.657. The van der Waals surface area contributed by atoms with Crippen molar-refractivity contribution in [2.75, 3.05) is 26.3 Å². The molecule has 162 valence electrons. The van der Waals surface area contributed by atoms with Crippen LogP contribution in [-0.2, 0) is 24.8 Å².